The summed E-state index contributed by atoms with van der Waals surface area (Å²) in [5, 5.41) is 0. The fourth-order valence-electron chi connectivity index (χ4n) is 0. The van der Waals surface area contributed by atoms with Crippen molar-refractivity contribution in [1.29, 1.82) is 0 Å². The van der Waals surface area contributed by atoms with Crippen LogP contribution in [0.25, 0.3) is 0 Å². The zero-order valence-corrected chi connectivity index (χ0v) is 3.26. The summed E-state index contributed by atoms with van der Waals surface area (Å²) < 4.78 is 0. The predicted octanol–water partition coefficient (Wildman–Crippen LogP) is -0.533. The first-order valence-corrected chi connectivity index (χ1v) is 1.80. The Labute approximate surface area is 30.7 Å². The standard InChI is InChI=1S/C2H6ClN/c3-1-2-4/h1-2,4H2/p+1/i4+1. The molecular weight excluding hydrogens is 74.5 g/mol. The van der Waals surface area contributed by atoms with Crippen LogP contribution in [0.3, 0.4) is 0 Å². The Kier molecular flexibility index (Phi) is 3.45. The molecule has 0 rings (SSSR count). The van der Waals surface area contributed by atoms with Crippen molar-refractivity contribution in [2.75, 3.05) is 12.4 Å². The molecule has 0 fully saturated rings. The highest BCUT2D eigenvalue weighted by atomic mass is 35.5. The molecule has 0 unspecified atom stereocenters. The van der Waals surface area contributed by atoms with Crippen molar-refractivity contribution >= 4 is 11.6 Å². The third-order valence-corrected chi connectivity index (χ3v) is 0.401. The van der Waals surface area contributed by atoms with E-state index in [4.69, 9.17) is 11.6 Å². The average Bonchev–Trinajstić information content (AvgIpc) is 1.37. The summed E-state index contributed by atoms with van der Waals surface area (Å²) in [6.07, 6.45) is 0. The van der Waals surface area contributed by atoms with Crippen molar-refractivity contribution in [1.82, 2.24) is 0 Å². The molecule has 0 amide bonds. The molecule has 0 heterocycles. The van der Waals surface area contributed by atoms with Gasteiger partial charge in [-0.2, -0.15) is 0 Å². The van der Waals surface area contributed by atoms with Gasteiger partial charge >= 0.3 is 0 Å². The SMILES string of the molecule is [15NH3+]CCCl. The summed E-state index contributed by atoms with van der Waals surface area (Å²) in [5.41, 5.74) is 3.47. The van der Waals surface area contributed by atoms with E-state index in [-0.39, 0.29) is 0 Å². The van der Waals surface area contributed by atoms with Gasteiger partial charge in [-0.1, -0.05) is 0 Å². The van der Waals surface area contributed by atoms with E-state index in [1.807, 2.05) is 0 Å². The number of halogens is 1. The van der Waals surface area contributed by atoms with Crippen LogP contribution in [-0.2, 0) is 0 Å². The van der Waals surface area contributed by atoms with E-state index in [0.717, 1.165) is 6.54 Å². The van der Waals surface area contributed by atoms with Crippen LogP contribution in [0.1, 0.15) is 0 Å². The van der Waals surface area contributed by atoms with Crippen LogP contribution in [0.4, 0.5) is 0 Å². The second-order valence-corrected chi connectivity index (χ2v) is 0.921. The first-order chi connectivity index (χ1) is 1.91. The average molecular weight is 81.5 g/mol. The van der Waals surface area contributed by atoms with Gasteiger partial charge in [-0.25, -0.2) is 0 Å². The molecule has 3 N–H and O–H groups in total. The van der Waals surface area contributed by atoms with Gasteiger partial charge in [-0.3, -0.25) is 0 Å². The molecule has 4 heavy (non-hydrogen) atoms. The number of alkyl halides is 1. The van der Waals surface area contributed by atoms with Crippen molar-refractivity contribution < 1.29 is 5.73 Å². The molecule has 0 saturated heterocycles. The van der Waals surface area contributed by atoms with Gasteiger partial charge < -0.3 is 5.73 Å². The largest absolute Gasteiger partial charge is 0.357 e. The minimum Gasteiger partial charge on any atom is -0.357 e. The van der Waals surface area contributed by atoms with Crippen LogP contribution < -0.4 is 5.73 Å². The lowest BCUT2D eigenvalue weighted by Gasteiger charge is -1.64. The van der Waals surface area contributed by atoms with Gasteiger partial charge in [0.25, 0.3) is 0 Å². The Bertz CT molecular complexity index is 8.00. The monoisotopic (exact) mass is 81.0 g/mol. The molecule has 0 aromatic heterocycles. The predicted molar refractivity (Wildman–Crippen MR) is 18.5 cm³/mol. The maximum Gasteiger partial charge on any atom is 0.0877 e. The highest BCUT2D eigenvalue weighted by molar-refractivity contribution is 6.17. The molecule has 0 aromatic carbocycles. The first kappa shape index (κ1) is 4.25. The van der Waals surface area contributed by atoms with Gasteiger partial charge in [-0.05, 0) is 0 Å². The molecule has 26 valence electrons. The summed E-state index contributed by atoms with van der Waals surface area (Å²) in [4.78, 5) is 0. The van der Waals surface area contributed by atoms with Crippen molar-refractivity contribution in [3.05, 3.63) is 0 Å². The molecule has 2 heteroatoms. The second kappa shape index (κ2) is 3.25. The highest BCUT2D eigenvalue weighted by Gasteiger charge is 1.62. The van der Waals surface area contributed by atoms with Gasteiger partial charge in [-0.15, -0.1) is 11.6 Å². The quantitative estimate of drug-likeness (QED) is 0.325. The Morgan fingerprint density at radius 2 is 2.00 bits per heavy atom. The minimum atomic E-state index is 0.681. The summed E-state index contributed by atoms with van der Waals surface area (Å²) in [7, 11) is 0. The molecule has 0 aromatic rings. The summed E-state index contributed by atoms with van der Waals surface area (Å²) in [5.74, 6) is 0.681. The van der Waals surface area contributed by atoms with Gasteiger partial charge in [0.1, 0.15) is 0 Å². The van der Waals surface area contributed by atoms with Crippen LogP contribution in [0.5, 0.6) is 0 Å². The summed E-state index contributed by atoms with van der Waals surface area (Å²) in [6, 6.07) is 0. The number of rotatable bonds is 1. The van der Waals surface area contributed by atoms with Crippen LogP contribution in [0, 0.1) is 0 Å². The highest BCUT2D eigenvalue weighted by Crippen LogP contribution is 1.58. The van der Waals surface area contributed by atoms with Crippen LogP contribution in [0.15, 0.2) is 0 Å². The summed E-state index contributed by atoms with van der Waals surface area (Å²) >= 11 is 5.12. The van der Waals surface area contributed by atoms with Gasteiger partial charge in [0, 0.05) is 0 Å². The molecule has 0 saturated carbocycles. The Balaban J connectivity index is 1.97. The van der Waals surface area contributed by atoms with Gasteiger partial charge in [0.05, 0.1) is 12.4 Å². The molecule has 0 bridgehead atoms. The van der Waals surface area contributed by atoms with Gasteiger partial charge in [0.2, 0.25) is 0 Å². The molecular formula is C2H7ClN+. The molecule has 1 nitrogen and oxygen atoms in total. The molecule has 0 aliphatic heterocycles. The van der Waals surface area contributed by atoms with Crippen LogP contribution >= 0.6 is 11.6 Å². The van der Waals surface area contributed by atoms with E-state index in [1.165, 1.54) is 0 Å². The summed E-state index contributed by atoms with van der Waals surface area (Å²) in [6.45, 7) is 0.835. The number of hydrogen-bond acceptors (Lipinski definition) is 0. The normalized spacial score (nSPS) is 7.50. The van der Waals surface area contributed by atoms with E-state index in [0.29, 0.717) is 5.88 Å². The smallest absolute Gasteiger partial charge is 0.0877 e. The van der Waals surface area contributed by atoms with Gasteiger partial charge in [0.15, 0.2) is 0 Å². The van der Waals surface area contributed by atoms with Crippen LogP contribution in [-0.4, -0.2) is 12.4 Å². The molecule has 0 aliphatic rings. The molecule has 0 spiro atoms. The number of hydrogen-bond donors (Lipinski definition) is 1. The Hall–Kier alpha value is 0.250. The Morgan fingerprint density at radius 1 is 1.75 bits per heavy atom. The third-order valence-electron chi connectivity index (χ3n) is 0.134. The maximum absolute atomic E-state index is 5.12. The zero-order chi connectivity index (χ0) is 3.41. The molecule has 0 radical (unpaired) electrons. The Morgan fingerprint density at radius 3 is 2.00 bits per heavy atom. The van der Waals surface area contributed by atoms with Crippen LogP contribution in [0.2, 0.25) is 0 Å². The molecule has 0 atom stereocenters. The van der Waals surface area contributed by atoms with E-state index < -0.39 is 0 Å². The van der Waals surface area contributed by atoms with Crippen molar-refractivity contribution in [3.8, 4) is 0 Å². The van der Waals surface area contributed by atoms with E-state index in [9.17, 15) is 0 Å². The second-order valence-electron chi connectivity index (χ2n) is 0.543. The zero-order valence-electron chi connectivity index (χ0n) is 2.50. The minimum absolute atomic E-state index is 0.681. The van der Waals surface area contributed by atoms with E-state index in [2.05, 4.69) is 5.73 Å². The lowest BCUT2D eigenvalue weighted by molar-refractivity contribution is -0.360. The number of quaternary nitrogens is 1. The van der Waals surface area contributed by atoms with Crippen molar-refractivity contribution in [3.63, 3.8) is 0 Å². The molecule has 0 aliphatic carbocycles. The topological polar surface area (TPSA) is 27.6 Å². The maximum atomic E-state index is 5.12. The first-order valence-electron chi connectivity index (χ1n) is 1.27. The van der Waals surface area contributed by atoms with E-state index >= 15 is 0 Å². The fraction of sp³-hybridized carbons (Fsp3) is 1.00. The lowest BCUT2D eigenvalue weighted by atomic mass is 10.9. The fourth-order valence-corrected chi connectivity index (χ4v) is 0. The van der Waals surface area contributed by atoms with E-state index in [1.54, 1.807) is 0 Å². The third kappa shape index (κ3) is 2.25. The van der Waals surface area contributed by atoms with Crippen molar-refractivity contribution in [2.24, 2.45) is 0 Å². The lowest BCUT2D eigenvalue weighted by Crippen LogP contribution is -2.51. The van der Waals surface area contributed by atoms with Crippen molar-refractivity contribution in [2.45, 2.75) is 0 Å².